The van der Waals surface area contributed by atoms with Gasteiger partial charge in [-0.25, -0.2) is 0 Å². The average Bonchev–Trinajstić information content (AvgIpc) is 2.41. The minimum atomic E-state index is -0.404. The lowest BCUT2D eigenvalue weighted by atomic mass is 10.1. The van der Waals surface area contributed by atoms with Crippen LogP contribution in [0.1, 0.15) is 26.2 Å². The summed E-state index contributed by atoms with van der Waals surface area (Å²) in [6.07, 6.45) is 10.8. The third-order valence-corrected chi connectivity index (χ3v) is 2.26. The van der Waals surface area contributed by atoms with Crippen molar-refractivity contribution < 1.29 is 9.84 Å². The van der Waals surface area contributed by atoms with Crippen LogP contribution in [0.3, 0.4) is 0 Å². The molecule has 0 spiro atoms. The van der Waals surface area contributed by atoms with Gasteiger partial charge in [-0.1, -0.05) is 25.0 Å². The van der Waals surface area contributed by atoms with Gasteiger partial charge < -0.3 is 9.84 Å². The predicted molar refractivity (Wildman–Crippen MR) is 52.2 cm³/mol. The number of rotatable bonds is 2. The van der Waals surface area contributed by atoms with Gasteiger partial charge in [-0.05, 0) is 12.8 Å². The Morgan fingerprint density at radius 3 is 2.92 bits per heavy atom. The zero-order valence-corrected chi connectivity index (χ0v) is 7.94. The summed E-state index contributed by atoms with van der Waals surface area (Å²) in [5.41, 5.74) is 0. The van der Waals surface area contributed by atoms with Gasteiger partial charge in [-0.15, -0.1) is 6.42 Å². The van der Waals surface area contributed by atoms with Crippen molar-refractivity contribution in [2.75, 3.05) is 0 Å². The first kappa shape index (κ1) is 10.3. The molecule has 1 rings (SSSR count). The fourth-order valence-corrected chi connectivity index (χ4v) is 1.39. The summed E-state index contributed by atoms with van der Waals surface area (Å²) in [6.45, 7) is 1.94. The molecule has 1 aliphatic rings. The monoisotopic (exact) mass is 180 g/mol. The van der Waals surface area contributed by atoms with Crippen molar-refractivity contribution in [3.05, 3.63) is 12.2 Å². The number of aliphatic hydroxyl groups excluding tert-OH is 1. The first-order valence-corrected chi connectivity index (χ1v) is 4.72. The van der Waals surface area contributed by atoms with Crippen LogP contribution in [0.2, 0.25) is 0 Å². The topological polar surface area (TPSA) is 29.5 Å². The van der Waals surface area contributed by atoms with E-state index in [9.17, 15) is 5.11 Å². The Balaban J connectivity index is 2.56. The first-order chi connectivity index (χ1) is 6.27. The van der Waals surface area contributed by atoms with Gasteiger partial charge in [0.05, 0.1) is 12.2 Å². The lowest BCUT2D eigenvalue weighted by molar-refractivity contribution is -0.0535. The van der Waals surface area contributed by atoms with Crippen LogP contribution < -0.4 is 0 Å². The maximum absolute atomic E-state index is 9.59. The molecular formula is C11H16O2. The zero-order chi connectivity index (χ0) is 9.68. The van der Waals surface area contributed by atoms with Gasteiger partial charge in [-0.2, -0.15) is 0 Å². The quantitative estimate of drug-likeness (QED) is 0.515. The van der Waals surface area contributed by atoms with E-state index in [4.69, 9.17) is 11.2 Å². The van der Waals surface area contributed by atoms with Crippen LogP contribution in [0, 0.1) is 12.3 Å². The first-order valence-electron chi connectivity index (χ1n) is 4.72. The van der Waals surface area contributed by atoms with Gasteiger partial charge >= 0.3 is 0 Å². The molecule has 13 heavy (non-hydrogen) atoms. The maximum Gasteiger partial charge on any atom is 0.121 e. The number of ether oxygens (including phenoxy) is 1. The van der Waals surface area contributed by atoms with E-state index in [1.165, 1.54) is 0 Å². The SMILES string of the molecule is C#CC1CC=CCC(C(O)CC)O1. The molecule has 0 amide bonds. The third-order valence-electron chi connectivity index (χ3n) is 2.26. The van der Waals surface area contributed by atoms with E-state index in [-0.39, 0.29) is 12.2 Å². The largest absolute Gasteiger partial charge is 0.390 e. The Kier molecular flexibility index (Phi) is 4.01. The van der Waals surface area contributed by atoms with Gasteiger partial charge in [0, 0.05) is 6.42 Å². The van der Waals surface area contributed by atoms with Crippen molar-refractivity contribution in [1.29, 1.82) is 0 Å². The summed E-state index contributed by atoms with van der Waals surface area (Å²) in [6, 6.07) is 0. The van der Waals surface area contributed by atoms with E-state index in [1.54, 1.807) is 0 Å². The van der Waals surface area contributed by atoms with Crippen LogP contribution in [0.25, 0.3) is 0 Å². The normalized spacial score (nSPS) is 30.5. The maximum atomic E-state index is 9.59. The van der Waals surface area contributed by atoms with Gasteiger partial charge in [-0.3, -0.25) is 0 Å². The Morgan fingerprint density at radius 2 is 2.31 bits per heavy atom. The molecule has 0 radical (unpaired) electrons. The van der Waals surface area contributed by atoms with E-state index in [2.05, 4.69) is 5.92 Å². The molecule has 1 aliphatic heterocycles. The molecule has 3 atom stereocenters. The molecule has 1 N–H and O–H groups in total. The van der Waals surface area contributed by atoms with Crippen LogP contribution >= 0.6 is 0 Å². The van der Waals surface area contributed by atoms with Crippen LogP contribution in [-0.2, 0) is 4.74 Å². The lowest BCUT2D eigenvalue weighted by Crippen LogP contribution is -2.30. The Labute approximate surface area is 79.6 Å². The summed E-state index contributed by atoms with van der Waals surface area (Å²) in [7, 11) is 0. The fraction of sp³-hybridized carbons (Fsp3) is 0.636. The molecule has 0 aromatic rings. The van der Waals surface area contributed by atoms with Crippen molar-refractivity contribution in [1.82, 2.24) is 0 Å². The standard InChI is InChI=1S/C11H16O2/c1-3-9-7-5-6-8-11(13-9)10(12)4-2/h1,5-6,9-12H,4,7-8H2,2H3. The molecule has 0 aromatic heterocycles. The highest BCUT2D eigenvalue weighted by molar-refractivity contribution is 5.03. The van der Waals surface area contributed by atoms with Gasteiger partial charge in [0.1, 0.15) is 6.10 Å². The van der Waals surface area contributed by atoms with Gasteiger partial charge in [0.2, 0.25) is 0 Å². The lowest BCUT2D eigenvalue weighted by Gasteiger charge is -2.22. The molecule has 3 unspecified atom stereocenters. The number of aliphatic hydroxyl groups is 1. The zero-order valence-electron chi connectivity index (χ0n) is 7.94. The van der Waals surface area contributed by atoms with Crippen molar-refractivity contribution in [3.63, 3.8) is 0 Å². The molecule has 72 valence electrons. The van der Waals surface area contributed by atoms with Crippen molar-refractivity contribution in [2.24, 2.45) is 0 Å². The second-order valence-corrected chi connectivity index (χ2v) is 3.25. The third kappa shape index (κ3) is 2.87. The molecule has 0 fully saturated rings. The van der Waals surface area contributed by atoms with Crippen molar-refractivity contribution in [3.8, 4) is 12.3 Å². The van der Waals surface area contributed by atoms with E-state index in [0.29, 0.717) is 6.42 Å². The van der Waals surface area contributed by atoms with Gasteiger partial charge in [0.15, 0.2) is 0 Å². The second-order valence-electron chi connectivity index (χ2n) is 3.25. The van der Waals surface area contributed by atoms with Crippen LogP contribution in [0.15, 0.2) is 12.2 Å². The predicted octanol–water partition coefficient (Wildman–Crippen LogP) is 1.49. The molecule has 2 heteroatoms. The fourth-order valence-electron chi connectivity index (χ4n) is 1.39. The molecular weight excluding hydrogens is 164 g/mol. The van der Waals surface area contributed by atoms with Crippen LogP contribution in [0.5, 0.6) is 0 Å². The highest BCUT2D eigenvalue weighted by atomic mass is 16.5. The molecule has 0 saturated heterocycles. The minimum Gasteiger partial charge on any atom is -0.390 e. The summed E-state index contributed by atoms with van der Waals surface area (Å²) < 4.78 is 5.56. The molecule has 0 aliphatic carbocycles. The van der Waals surface area contributed by atoms with Crippen molar-refractivity contribution in [2.45, 2.75) is 44.5 Å². The molecule has 1 heterocycles. The number of hydrogen-bond donors (Lipinski definition) is 1. The summed E-state index contributed by atoms with van der Waals surface area (Å²) >= 11 is 0. The van der Waals surface area contributed by atoms with E-state index >= 15 is 0 Å². The number of hydrogen-bond acceptors (Lipinski definition) is 2. The number of terminal acetylenes is 1. The van der Waals surface area contributed by atoms with E-state index in [1.807, 2.05) is 19.1 Å². The highest BCUT2D eigenvalue weighted by Gasteiger charge is 2.21. The summed E-state index contributed by atoms with van der Waals surface area (Å²) in [5, 5.41) is 9.59. The Bertz CT molecular complexity index is 215. The van der Waals surface area contributed by atoms with Gasteiger partial charge in [0.25, 0.3) is 0 Å². The highest BCUT2D eigenvalue weighted by Crippen LogP contribution is 2.16. The minimum absolute atomic E-state index is 0.134. The van der Waals surface area contributed by atoms with Crippen LogP contribution in [-0.4, -0.2) is 23.4 Å². The van der Waals surface area contributed by atoms with Crippen molar-refractivity contribution >= 4 is 0 Å². The Morgan fingerprint density at radius 1 is 1.62 bits per heavy atom. The molecule has 0 aromatic carbocycles. The van der Waals surface area contributed by atoms with E-state index in [0.717, 1.165) is 12.8 Å². The molecule has 0 bridgehead atoms. The molecule has 0 saturated carbocycles. The smallest absolute Gasteiger partial charge is 0.121 e. The summed E-state index contributed by atoms with van der Waals surface area (Å²) in [5.74, 6) is 2.57. The van der Waals surface area contributed by atoms with Crippen LogP contribution in [0.4, 0.5) is 0 Å². The summed E-state index contributed by atoms with van der Waals surface area (Å²) in [4.78, 5) is 0. The Hall–Kier alpha value is -0.780. The molecule has 2 nitrogen and oxygen atoms in total. The average molecular weight is 180 g/mol. The second kappa shape index (κ2) is 5.06. The van der Waals surface area contributed by atoms with E-state index < -0.39 is 6.10 Å².